The van der Waals surface area contributed by atoms with Crippen molar-refractivity contribution in [1.82, 2.24) is 15.2 Å². The zero-order valence-corrected chi connectivity index (χ0v) is 21.4. The maximum Gasteiger partial charge on any atom is 0.491 e. The number of amides is 2. The molecule has 0 radical (unpaired) electrons. The molecule has 39 heavy (non-hydrogen) atoms. The van der Waals surface area contributed by atoms with Gasteiger partial charge in [-0.15, -0.1) is 23.1 Å². The fraction of sp³-hybridized carbons (Fsp3) is 0.217. The van der Waals surface area contributed by atoms with E-state index in [2.05, 4.69) is 20.2 Å². The highest BCUT2D eigenvalue weighted by atomic mass is 32.2. The number of oxime groups is 1. The smallest absolute Gasteiger partial charge is 0.398 e. The normalized spacial score (nSPS) is 19.4. The lowest BCUT2D eigenvalue weighted by atomic mass is 10.0. The number of anilines is 1. The Morgan fingerprint density at radius 2 is 1.95 bits per heavy atom. The van der Waals surface area contributed by atoms with Crippen LogP contribution in [0.5, 0.6) is 0 Å². The van der Waals surface area contributed by atoms with Crippen molar-refractivity contribution in [3.05, 3.63) is 64.3 Å². The number of benzene rings is 1. The standard InChI is InChI=1S/C23H18F3N5O6S2/c1-36-30-14(13-10-39-22(27)28-13)17(32)29-15-18(33)31-16(20(34)37-21(35)23(24,25)26)12(9-38-19(15)31)8-7-11-5-3-2-4-6-11/h2-8,10,15,19H,9H2,1H3,(H2,27,28)(H,29,32)/b8-7+,30-14+. The predicted octanol–water partition coefficient (Wildman–Crippen LogP) is 2.08. The molecule has 2 aromatic rings. The first-order chi connectivity index (χ1) is 18.5. The van der Waals surface area contributed by atoms with Crippen molar-refractivity contribution >= 4 is 63.8 Å². The average molecular weight is 582 g/mol. The molecule has 1 aromatic carbocycles. The summed E-state index contributed by atoms with van der Waals surface area (Å²) in [6.45, 7) is 0. The van der Waals surface area contributed by atoms with Gasteiger partial charge >= 0.3 is 18.1 Å². The number of halogens is 3. The maximum absolute atomic E-state index is 13.1. The van der Waals surface area contributed by atoms with Crippen molar-refractivity contribution in [2.75, 3.05) is 18.6 Å². The van der Waals surface area contributed by atoms with Gasteiger partial charge in [-0.3, -0.25) is 14.5 Å². The summed E-state index contributed by atoms with van der Waals surface area (Å²) >= 11 is 2.19. The molecule has 3 N–H and O–H groups in total. The first-order valence-electron chi connectivity index (χ1n) is 10.9. The second-order valence-electron chi connectivity index (χ2n) is 7.85. The molecular weight excluding hydrogens is 563 g/mol. The lowest BCUT2D eigenvalue weighted by Gasteiger charge is -2.49. The number of nitrogens with two attached hydrogens (primary N) is 1. The van der Waals surface area contributed by atoms with Gasteiger partial charge in [0.25, 0.3) is 11.8 Å². The highest BCUT2D eigenvalue weighted by molar-refractivity contribution is 8.00. The highest BCUT2D eigenvalue weighted by Crippen LogP contribution is 2.41. The Morgan fingerprint density at radius 1 is 1.23 bits per heavy atom. The van der Waals surface area contributed by atoms with Gasteiger partial charge in [-0.1, -0.05) is 47.6 Å². The van der Waals surface area contributed by atoms with Gasteiger partial charge in [0.2, 0.25) is 0 Å². The fourth-order valence-electron chi connectivity index (χ4n) is 3.61. The van der Waals surface area contributed by atoms with Crippen LogP contribution in [0.1, 0.15) is 11.3 Å². The Balaban J connectivity index is 1.60. The van der Waals surface area contributed by atoms with Gasteiger partial charge in [-0.25, -0.2) is 14.6 Å². The van der Waals surface area contributed by atoms with Crippen molar-refractivity contribution in [3.63, 3.8) is 0 Å². The van der Waals surface area contributed by atoms with Gasteiger partial charge in [-0.05, 0) is 11.1 Å². The fourth-order valence-corrected chi connectivity index (χ4v) is 5.48. The van der Waals surface area contributed by atoms with Gasteiger partial charge in [0.1, 0.15) is 29.9 Å². The van der Waals surface area contributed by atoms with Crippen LogP contribution in [0.4, 0.5) is 18.3 Å². The lowest BCUT2D eigenvalue weighted by Crippen LogP contribution is -2.71. The molecule has 0 spiro atoms. The van der Waals surface area contributed by atoms with Gasteiger partial charge in [0.15, 0.2) is 10.8 Å². The number of thioether (sulfide) groups is 1. The van der Waals surface area contributed by atoms with Crippen molar-refractivity contribution < 1.29 is 41.9 Å². The molecule has 2 aliphatic rings. The minimum atomic E-state index is -5.43. The first-order valence-corrected chi connectivity index (χ1v) is 12.8. The molecule has 2 aliphatic heterocycles. The van der Waals surface area contributed by atoms with Crippen LogP contribution in [-0.4, -0.2) is 69.8 Å². The number of β-lactam (4-membered cyclic amide) rings is 1. The molecule has 204 valence electrons. The number of carbonyl (C=O) groups excluding carboxylic acids is 4. The zero-order chi connectivity index (χ0) is 28.3. The largest absolute Gasteiger partial charge is 0.491 e. The molecule has 0 saturated carbocycles. The van der Waals surface area contributed by atoms with E-state index in [4.69, 9.17) is 10.6 Å². The third-order valence-electron chi connectivity index (χ3n) is 5.33. The average Bonchev–Trinajstić information content (AvgIpc) is 3.33. The summed E-state index contributed by atoms with van der Waals surface area (Å²) in [5.41, 5.74) is 5.77. The summed E-state index contributed by atoms with van der Waals surface area (Å²) in [6, 6.07) is 7.60. The van der Waals surface area contributed by atoms with Gasteiger partial charge < -0.3 is 20.6 Å². The number of nitrogens with one attached hydrogen (secondary N) is 1. The van der Waals surface area contributed by atoms with Crippen LogP contribution in [0.3, 0.4) is 0 Å². The number of allylic oxidation sites excluding steroid dienone is 1. The second kappa shape index (κ2) is 11.3. The molecule has 2 amide bonds. The van der Waals surface area contributed by atoms with Gasteiger partial charge in [0.05, 0.1) is 0 Å². The van der Waals surface area contributed by atoms with Crippen LogP contribution in [0.2, 0.25) is 0 Å². The molecule has 4 rings (SSSR count). The quantitative estimate of drug-likeness (QED) is 0.165. The Labute approximate surface area is 226 Å². The molecule has 2 atom stereocenters. The number of hydrogen-bond acceptors (Lipinski definition) is 11. The van der Waals surface area contributed by atoms with E-state index in [-0.39, 0.29) is 27.9 Å². The number of fused-ring (bicyclic) bond motifs is 1. The van der Waals surface area contributed by atoms with Crippen LogP contribution in [0.25, 0.3) is 6.08 Å². The first kappa shape index (κ1) is 27.8. The Kier molecular flexibility index (Phi) is 8.06. The molecular formula is C23H18F3N5O6S2. The molecule has 1 saturated heterocycles. The Morgan fingerprint density at radius 3 is 2.56 bits per heavy atom. The summed E-state index contributed by atoms with van der Waals surface area (Å²) in [5.74, 6) is -5.96. The van der Waals surface area contributed by atoms with Crippen LogP contribution in [-0.2, 0) is 28.8 Å². The van der Waals surface area contributed by atoms with E-state index >= 15 is 0 Å². The van der Waals surface area contributed by atoms with Crippen LogP contribution in [0.15, 0.2) is 58.2 Å². The van der Waals surface area contributed by atoms with Crippen molar-refractivity contribution in [2.24, 2.45) is 5.16 Å². The summed E-state index contributed by atoms with van der Waals surface area (Å²) in [6.07, 6.45) is -2.39. The minimum absolute atomic E-state index is 0.0520. The number of nitrogens with zero attached hydrogens (tertiary/aromatic N) is 3. The summed E-state index contributed by atoms with van der Waals surface area (Å²) in [7, 11) is 1.20. The number of aromatic nitrogens is 1. The number of esters is 2. The number of alkyl halides is 3. The molecule has 0 aliphatic carbocycles. The highest BCUT2D eigenvalue weighted by Gasteiger charge is 2.55. The number of rotatable bonds is 7. The number of hydrogen-bond donors (Lipinski definition) is 2. The summed E-state index contributed by atoms with van der Waals surface area (Å²) < 4.78 is 42.4. The van der Waals surface area contributed by atoms with Crippen molar-refractivity contribution in [3.8, 4) is 0 Å². The number of ether oxygens (including phenoxy) is 1. The third-order valence-corrected chi connectivity index (χ3v) is 7.31. The number of thiazole rings is 1. The SMILES string of the molecule is CO/N=C(/C(=O)NC1C(=O)N2C(C(=O)OC(=O)C(F)(F)F)=C(/C=C/c3ccccc3)CSC12)c1csc(N)n1. The van der Waals surface area contributed by atoms with Crippen molar-refractivity contribution in [2.45, 2.75) is 17.6 Å². The summed E-state index contributed by atoms with van der Waals surface area (Å²) in [4.78, 5) is 59.6. The van der Waals surface area contributed by atoms with Crippen LogP contribution >= 0.6 is 23.1 Å². The number of carbonyl (C=O) groups is 4. The number of nitrogen functional groups attached to an aromatic ring is 1. The molecule has 3 heterocycles. The topological polar surface area (TPSA) is 153 Å². The lowest BCUT2D eigenvalue weighted by molar-refractivity contribution is -0.201. The second-order valence-corrected chi connectivity index (χ2v) is 9.84. The molecule has 0 bridgehead atoms. The van der Waals surface area contributed by atoms with E-state index < -0.39 is 47.0 Å². The minimum Gasteiger partial charge on any atom is -0.398 e. The van der Waals surface area contributed by atoms with E-state index in [9.17, 15) is 32.3 Å². The van der Waals surface area contributed by atoms with Gasteiger partial charge in [-0.2, -0.15) is 13.2 Å². The molecule has 11 nitrogen and oxygen atoms in total. The van der Waals surface area contributed by atoms with E-state index in [1.165, 1.54) is 18.6 Å². The Bertz CT molecular complexity index is 1410. The molecule has 16 heteroatoms. The maximum atomic E-state index is 13.1. The molecule has 1 aromatic heterocycles. The van der Waals surface area contributed by atoms with E-state index in [1.807, 2.05) is 0 Å². The molecule has 2 unspecified atom stereocenters. The van der Waals surface area contributed by atoms with Crippen molar-refractivity contribution in [1.29, 1.82) is 0 Å². The zero-order valence-electron chi connectivity index (χ0n) is 19.8. The third kappa shape index (κ3) is 5.96. The van der Waals surface area contributed by atoms with E-state index in [0.29, 0.717) is 5.56 Å². The summed E-state index contributed by atoms with van der Waals surface area (Å²) in [5, 5.41) is 6.84. The van der Waals surface area contributed by atoms with E-state index in [1.54, 1.807) is 36.4 Å². The van der Waals surface area contributed by atoms with Gasteiger partial charge in [0, 0.05) is 11.1 Å². The Hall–Kier alpha value is -4.18. The monoisotopic (exact) mass is 581 g/mol. The molecule has 1 fully saturated rings. The predicted molar refractivity (Wildman–Crippen MR) is 135 cm³/mol. The van der Waals surface area contributed by atoms with E-state index in [0.717, 1.165) is 28.0 Å². The van der Waals surface area contributed by atoms with Crippen LogP contribution in [0, 0.1) is 0 Å². The van der Waals surface area contributed by atoms with Crippen LogP contribution < -0.4 is 11.1 Å².